The first-order valence-electron chi connectivity index (χ1n) is 6.15. The molecule has 1 aliphatic rings. The Kier molecular flexibility index (Phi) is 4.06. The molecule has 0 saturated carbocycles. The number of benzene rings is 1. The van der Waals surface area contributed by atoms with Gasteiger partial charge >= 0.3 is 0 Å². The number of alkyl halides is 1. The van der Waals surface area contributed by atoms with Crippen LogP contribution >= 0.6 is 11.6 Å². The van der Waals surface area contributed by atoms with Crippen molar-refractivity contribution in [3.05, 3.63) is 35.4 Å². The van der Waals surface area contributed by atoms with E-state index in [2.05, 4.69) is 19.1 Å². The van der Waals surface area contributed by atoms with E-state index in [1.165, 1.54) is 11.1 Å². The van der Waals surface area contributed by atoms with Crippen LogP contribution < -0.4 is 0 Å². The van der Waals surface area contributed by atoms with Crippen molar-refractivity contribution in [3.63, 3.8) is 0 Å². The Morgan fingerprint density at radius 2 is 2.24 bits per heavy atom. The summed E-state index contributed by atoms with van der Waals surface area (Å²) < 4.78 is 0. The van der Waals surface area contributed by atoms with E-state index in [-0.39, 0.29) is 11.9 Å². The molecule has 1 aliphatic heterocycles. The first-order valence-corrected chi connectivity index (χ1v) is 6.68. The molecule has 1 aromatic carbocycles. The molecule has 0 radical (unpaired) electrons. The van der Waals surface area contributed by atoms with Gasteiger partial charge in [-0.25, -0.2) is 0 Å². The quantitative estimate of drug-likeness (QED) is 0.755. The number of hydrogen-bond donors (Lipinski definition) is 0. The van der Waals surface area contributed by atoms with E-state index < -0.39 is 0 Å². The minimum absolute atomic E-state index is 0.186. The lowest BCUT2D eigenvalue weighted by molar-refractivity contribution is -0.131. The Labute approximate surface area is 108 Å². The van der Waals surface area contributed by atoms with E-state index in [1.54, 1.807) is 0 Å². The second-order valence-electron chi connectivity index (χ2n) is 4.54. The van der Waals surface area contributed by atoms with Gasteiger partial charge in [0.15, 0.2) is 0 Å². The van der Waals surface area contributed by atoms with E-state index in [1.807, 2.05) is 17.0 Å². The monoisotopic (exact) mass is 251 g/mol. The molecule has 1 fully saturated rings. The third-order valence-corrected chi connectivity index (χ3v) is 3.62. The summed E-state index contributed by atoms with van der Waals surface area (Å²) in [6.45, 7) is 2.98. The highest BCUT2D eigenvalue weighted by Crippen LogP contribution is 2.33. The Bertz CT molecular complexity index is 405. The van der Waals surface area contributed by atoms with Crippen LogP contribution in [0.15, 0.2) is 24.3 Å². The largest absolute Gasteiger partial charge is 0.336 e. The number of nitrogens with zero attached hydrogens (tertiary/aromatic N) is 1. The third kappa shape index (κ3) is 2.63. The Morgan fingerprint density at radius 3 is 2.94 bits per heavy atom. The van der Waals surface area contributed by atoms with Gasteiger partial charge in [-0.05, 0) is 30.9 Å². The molecule has 0 aliphatic carbocycles. The van der Waals surface area contributed by atoms with E-state index >= 15 is 0 Å². The molecule has 1 amide bonds. The molecular formula is C14H18ClNO. The Hall–Kier alpha value is -1.02. The predicted octanol–water partition coefficient (Wildman–Crippen LogP) is 3.29. The molecule has 0 aromatic heterocycles. The molecule has 1 aromatic rings. The number of rotatable bonds is 3. The smallest absolute Gasteiger partial charge is 0.224 e. The van der Waals surface area contributed by atoms with Crippen molar-refractivity contribution >= 4 is 17.5 Å². The maximum absolute atomic E-state index is 12.0. The number of amides is 1. The fraction of sp³-hybridized carbons (Fsp3) is 0.500. The molecule has 2 nitrogen and oxygen atoms in total. The zero-order chi connectivity index (χ0) is 12.3. The van der Waals surface area contributed by atoms with Crippen molar-refractivity contribution in [2.24, 2.45) is 0 Å². The molecule has 1 unspecified atom stereocenters. The van der Waals surface area contributed by atoms with Gasteiger partial charge in [0.1, 0.15) is 0 Å². The van der Waals surface area contributed by atoms with Gasteiger partial charge in [-0.1, -0.05) is 24.3 Å². The number of halogens is 1. The normalized spacial score (nSPS) is 19.6. The fourth-order valence-electron chi connectivity index (χ4n) is 2.57. The van der Waals surface area contributed by atoms with Gasteiger partial charge in [-0.15, -0.1) is 11.6 Å². The highest BCUT2D eigenvalue weighted by Gasteiger charge is 2.29. The van der Waals surface area contributed by atoms with Crippen LogP contribution in [0.4, 0.5) is 0 Å². The number of hydrogen-bond acceptors (Lipinski definition) is 1. The van der Waals surface area contributed by atoms with Crippen LogP contribution in [-0.2, 0) is 4.79 Å². The molecule has 0 N–H and O–H groups in total. The maximum atomic E-state index is 12.0. The molecule has 1 heterocycles. The average Bonchev–Trinajstić information content (AvgIpc) is 2.79. The molecule has 17 heavy (non-hydrogen) atoms. The second-order valence-corrected chi connectivity index (χ2v) is 4.92. The maximum Gasteiger partial charge on any atom is 0.224 e. The SMILES string of the molecule is Cc1ccccc1C1CCCN1C(=O)CCCl. The van der Waals surface area contributed by atoms with Crippen molar-refractivity contribution in [1.29, 1.82) is 0 Å². The molecule has 92 valence electrons. The molecule has 0 bridgehead atoms. The van der Waals surface area contributed by atoms with Crippen LogP contribution in [0, 0.1) is 6.92 Å². The van der Waals surface area contributed by atoms with Gasteiger partial charge in [0.2, 0.25) is 5.91 Å². The Balaban J connectivity index is 2.20. The van der Waals surface area contributed by atoms with Gasteiger partial charge in [0.25, 0.3) is 0 Å². The first-order chi connectivity index (χ1) is 8.24. The molecule has 3 heteroatoms. The van der Waals surface area contributed by atoms with E-state index in [4.69, 9.17) is 11.6 Å². The van der Waals surface area contributed by atoms with Crippen LogP contribution in [0.3, 0.4) is 0 Å². The van der Waals surface area contributed by atoms with Gasteiger partial charge in [0.05, 0.1) is 6.04 Å². The minimum atomic E-state index is 0.186. The van der Waals surface area contributed by atoms with Crippen LogP contribution in [0.1, 0.15) is 36.4 Å². The van der Waals surface area contributed by atoms with Gasteiger partial charge in [-0.2, -0.15) is 0 Å². The van der Waals surface area contributed by atoms with Crippen LogP contribution in [-0.4, -0.2) is 23.2 Å². The summed E-state index contributed by atoms with van der Waals surface area (Å²) in [5.74, 6) is 0.598. The summed E-state index contributed by atoms with van der Waals surface area (Å²) in [7, 11) is 0. The van der Waals surface area contributed by atoms with Gasteiger partial charge in [-0.3, -0.25) is 4.79 Å². The zero-order valence-electron chi connectivity index (χ0n) is 10.2. The van der Waals surface area contributed by atoms with Crippen LogP contribution in [0.25, 0.3) is 0 Å². The standard InChI is InChI=1S/C14H18ClNO/c1-11-5-2-3-6-12(11)13-7-4-10-16(13)14(17)8-9-15/h2-3,5-6,13H,4,7-10H2,1H3. The lowest BCUT2D eigenvalue weighted by atomic mass is 9.99. The summed E-state index contributed by atoms with van der Waals surface area (Å²) in [6.07, 6.45) is 2.61. The summed E-state index contributed by atoms with van der Waals surface area (Å²) >= 11 is 5.65. The third-order valence-electron chi connectivity index (χ3n) is 3.43. The van der Waals surface area contributed by atoms with Crippen molar-refractivity contribution in [3.8, 4) is 0 Å². The highest BCUT2D eigenvalue weighted by molar-refractivity contribution is 6.18. The summed E-state index contributed by atoms with van der Waals surface area (Å²) in [4.78, 5) is 14.0. The number of carbonyl (C=O) groups is 1. The van der Waals surface area contributed by atoms with Crippen LogP contribution in [0.5, 0.6) is 0 Å². The second kappa shape index (κ2) is 5.54. The Morgan fingerprint density at radius 1 is 1.47 bits per heavy atom. The molecule has 0 spiro atoms. The van der Waals surface area contributed by atoms with E-state index in [0.29, 0.717) is 12.3 Å². The lowest BCUT2D eigenvalue weighted by Crippen LogP contribution is -2.30. The van der Waals surface area contributed by atoms with Crippen molar-refractivity contribution in [1.82, 2.24) is 4.90 Å². The fourth-order valence-corrected chi connectivity index (χ4v) is 2.74. The molecule has 1 saturated heterocycles. The number of likely N-dealkylation sites (tertiary alicyclic amines) is 1. The summed E-state index contributed by atoms with van der Waals surface area (Å²) in [5, 5.41) is 0. The van der Waals surface area contributed by atoms with Crippen molar-refractivity contribution in [2.45, 2.75) is 32.2 Å². The average molecular weight is 252 g/mol. The summed E-state index contributed by atoms with van der Waals surface area (Å²) in [6, 6.07) is 8.58. The van der Waals surface area contributed by atoms with Crippen molar-refractivity contribution in [2.75, 3.05) is 12.4 Å². The van der Waals surface area contributed by atoms with Gasteiger partial charge in [0, 0.05) is 18.8 Å². The number of carbonyl (C=O) groups excluding carboxylic acids is 1. The topological polar surface area (TPSA) is 20.3 Å². The van der Waals surface area contributed by atoms with E-state index in [9.17, 15) is 4.79 Å². The predicted molar refractivity (Wildman–Crippen MR) is 70.2 cm³/mol. The molecule has 2 rings (SSSR count). The highest BCUT2D eigenvalue weighted by atomic mass is 35.5. The van der Waals surface area contributed by atoms with E-state index in [0.717, 1.165) is 19.4 Å². The lowest BCUT2D eigenvalue weighted by Gasteiger charge is -2.26. The van der Waals surface area contributed by atoms with Gasteiger partial charge < -0.3 is 4.90 Å². The minimum Gasteiger partial charge on any atom is -0.336 e. The molecular weight excluding hydrogens is 234 g/mol. The number of aryl methyl sites for hydroxylation is 1. The summed E-state index contributed by atoms with van der Waals surface area (Å²) in [5.41, 5.74) is 2.55. The molecule has 1 atom stereocenters. The van der Waals surface area contributed by atoms with Crippen molar-refractivity contribution < 1.29 is 4.79 Å². The zero-order valence-corrected chi connectivity index (χ0v) is 10.9. The van der Waals surface area contributed by atoms with Crippen LogP contribution in [0.2, 0.25) is 0 Å². The first kappa shape index (κ1) is 12.4.